The van der Waals surface area contributed by atoms with Crippen molar-refractivity contribution >= 4 is 29.3 Å². The van der Waals surface area contributed by atoms with Gasteiger partial charge in [0.1, 0.15) is 5.82 Å². The smallest absolute Gasteiger partial charge is 0.338 e. The summed E-state index contributed by atoms with van der Waals surface area (Å²) in [5, 5.41) is 2.63. The molecule has 0 spiro atoms. The third-order valence-electron chi connectivity index (χ3n) is 2.46. The van der Waals surface area contributed by atoms with Gasteiger partial charge in [0.25, 0.3) is 0 Å². The van der Waals surface area contributed by atoms with Crippen molar-refractivity contribution in [3.63, 3.8) is 0 Å². The van der Waals surface area contributed by atoms with Crippen molar-refractivity contribution in [1.82, 2.24) is 4.98 Å². The summed E-state index contributed by atoms with van der Waals surface area (Å²) in [4.78, 5) is 27.5. The van der Waals surface area contributed by atoms with Gasteiger partial charge in [0.2, 0.25) is 5.91 Å². The van der Waals surface area contributed by atoms with E-state index in [0.29, 0.717) is 18.0 Å². The van der Waals surface area contributed by atoms with Gasteiger partial charge in [-0.1, -0.05) is 0 Å². The summed E-state index contributed by atoms with van der Waals surface area (Å²) in [5.74, 6) is -0.210. The number of esters is 1. The van der Waals surface area contributed by atoms with Crippen molar-refractivity contribution in [2.24, 2.45) is 5.41 Å². The maximum Gasteiger partial charge on any atom is 0.338 e. The van der Waals surface area contributed by atoms with E-state index < -0.39 is 11.4 Å². The van der Waals surface area contributed by atoms with Crippen LogP contribution in [0.3, 0.4) is 0 Å². The zero-order chi connectivity index (χ0) is 14.5. The number of halogens is 1. The van der Waals surface area contributed by atoms with Gasteiger partial charge in [-0.25, -0.2) is 9.78 Å². The van der Waals surface area contributed by atoms with Crippen molar-refractivity contribution in [1.29, 1.82) is 0 Å². The van der Waals surface area contributed by atoms with E-state index in [2.05, 4.69) is 10.3 Å². The summed E-state index contributed by atoms with van der Waals surface area (Å²) >= 11 is 5.72. The molecule has 0 aliphatic rings. The number of nitrogens with zero attached hydrogens (tertiary/aromatic N) is 1. The van der Waals surface area contributed by atoms with Crippen LogP contribution in [0.4, 0.5) is 5.82 Å². The monoisotopic (exact) mass is 284 g/mol. The van der Waals surface area contributed by atoms with E-state index in [0.717, 1.165) is 0 Å². The number of amides is 1. The molecular formula is C13H17ClN2O3. The molecule has 19 heavy (non-hydrogen) atoms. The molecule has 0 saturated carbocycles. The Labute approximate surface area is 117 Å². The van der Waals surface area contributed by atoms with Crippen LogP contribution < -0.4 is 5.32 Å². The fraction of sp³-hybridized carbons (Fsp3) is 0.462. The van der Waals surface area contributed by atoms with Gasteiger partial charge in [-0.15, -0.1) is 11.6 Å². The van der Waals surface area contributed by atoms with Crippen molar-refractivity contribution in [3.8, 4) is 0 Å². The molecule has 1 amide bonds. The molecule has 0 unspecified atom stereocenters. The van der Waals surface area contributed by atoms with Crippen LogP contribution in [-0.2, 0) is 9.53 Å². The second kappa shape index (κ2) is 6.52. The van der Waals surface area contributed by atoms with E-state index in [1.165, 1.54) is 18.3 Å². The Morgan fingerprint density at radius 2 is 2.16 bits per heavy atom. The van der Waals surface area contributed by atoms with E-state index in [-0.39, 0.29) is 11.8 Å². The fourth-order valence-electron chi connectivity index (χ4n) is 1.19. The van der Waals surface area contributed by atoms with Crippen LogP contribution in [0.1, 0.15) is 31.1 Å². The first-order chi connectivity index (χ1) is 8.90. The highest BCUT2D eigenvalue weighted by Gasteiger charge is 2.26. The highest BCUT2D eigenvalue weighted by molar-refractivity contribution is 6.20. The minimum Gasteiger partial charge on any atom is -0.462 e. The van der Waals surface area contributed by atoms with Crippen LogP contribution in [0.15, 0.2) is 18.3 Å². The summed E-state index contributed by atoms with van der Waals surface area (Å²) in [6.07, 6.45) is 1.44. The van der Waals surface area contributed by atoms with E-state index in [1.54, 1.807) is 20.8 Å². The molecule has 0 aliphatic heterocycles. The molecule has 0 aromatic carbocycles. The van der Waals surface area contributed by atoms with Gasteiger partial charge < -0.3 is 10.1 Å². The number of carbonyl (C=O) groups excluding carboxylic acids is 2. The summed E-state index contributed by atoms with van der Waals surface area (Å²) < 4.78 is 4.88. The number of hydrogen-bond acceptors (Lipinski definition) is 4. The molecule has 0 atom stereocenters. The number of hydrogen-bond donors (Lipinski definition) is 1. The van der Waals surface area contributed by atoms with Crippen LogP contribution in [-0.4, -0.2) is 29.3 Å². The molecule has 1 N–H and O–H groups in total. The predicted octanol–water partition coefficient (Wildman–Crippen LogP) is 2.46. The van der Waals surface area contributed by atoms with Crippen molar-refractivity contribution < 1.29 is 14.3 Å². The average molecular weight is 285 g/mol. The van der Waals surface area contributed by atoms with Gasteiger partial charge >= 0.3 is 5.97 Å². The molecule has 6 heteroatoms. The molecule has 1 rings (SSSR count). The first kappa shape index (κ1) is 15.4. The molecule has 0 fully saturated rings. The first-order valence-electron chi connectivity index (χ1n) is 5.91. The molecule has 0 bridgehead atoms. The lowest BCUT2D eigenvalue weighted by Gasteiger charge is -2.19. The highest BCUT2D eigenvalue weighted by Crippen LogP contribution is 2.19. The van der Waals surface area contributed by atoms with Gasteiger partial charge in [-0.2, -0.15) is 0 Å². The average Bonchev–Trinajstić information content (AvgIpc) is 2.39. The number of carbonyl (C=O) groups is 2. The molecule has 5 nitrogen and oxygen atoms in total. The number of anilines is 1. The van der Waals surface area contributed by atoms with Gasteiger partial charge in [-0.3, -0.25) is 4.79 Å². The second-order valence-corrected chi connectivity index (χ2v) is 4.89. The zero-order valence-corrected chi connectivity index (χ0v) is 12.0. The van der Waals surface area contributed by atoms with E-state index in [1.807, 2.05) is 0 Å². The maximum atomic E-state index is 11.9. The molecular weight excluding hydrogens is 268 g/mol. The maximum absolute atomic E-state index is 11.9. The number of ether oxygens (including phenoxy) is 1. The Hall–Kier alpha value is -1.62. The number of aromatic nitrogens is 1. The van der Waals surface area contributed by atoms with E-state index in [4.69, 9.17) is 16.3 Å². The van der Waals surface area contributed by atoms with E-state index >= 15 is 0 Å². The number of nitrogens with one attached hydrogen (secondary N) is 1. The second-order valence-electron chi connectivity index (χ2n) is 4.62. The first-order valence-corrected chi connectivity index (χ1v) is 6.44. The Morgan fingerprint density at radius 3 is 2.74 bits per heavy atom. The van der Waals surface area contributed by atoms with E-state index in [9.17, 15) is 9.59 Å². The van der Waals surface area contributed by atoms with Crippen LogP contribution in [0, 0.1) is 5.41 Å². The molecule has 1 aromatic heterocycles. The van der Waals surface area contributed by atoms with Gasteiger partial charge in [0.05, 0.1) is 17.6 Å². The summed E-state index contributed by atoms with van der Waals surface area (Å²) in [6.45, 7) is 5.47. The lowest BCUT2D eigenvalue weighted by atomic mass is 9.95. The van der Waals surface area contributed by atoms with Crippen molar-refractivity contribution in [3.05, 3.63) is 23.9 Å². The normalized spacial score (nSPS) is 10.9. The van der Waals surface area contributed by atoms with Crippen molar-refractivity contribution in [2.45, 2.75) is 20.8 Å². The lowest BCUT2D eigenvalue weighted by Crippen LogP contribution is -2.32. The molecule has 0 radical (unpaired) electrons. The van der Waals surface area contributed by atoms with Gasteiger partial charge in [-0.05, 0) is 32.9 Å². The van der Waals surface area contributed by atoms with Crippen LogP contribution >= 0.6 is 11.6 Å². The molecule has 1 heterocycles. The predicted molar refractivity (Wildman–Crippen MR) is 73.3 cm³/mol. The third-order valence-corrected chi connectivity index (χ3v) is 3.13. The van der Waals surface area contributed by atoms with Crippen LogP contribution in [0.2, 0.25) is 0 Å². The lowest BCUT2D eigenvalue weighted by molar-refractivity contribution is -0.123. The van der Waals surface area contributed by atoms with Crippen LogP contribution in [0.5, 0.6) is 0 Å². The van der Waals surface area contributed by atoms with Crippen molar-refractivity contribution in [2.75, 3.05) is 17.8 Å². The Morgan fingerprint density at radius 1 is 1.47 bits per heavy atom. The summed E-state index contributed by atoms with van der Waals surface area (Å²) in [5.41, 5.74) is -0.362. The number of alkyl halides is 1. The summed E-state index contributed by atoms with van der Waals surface area (Å²) in [7, 11) is 0. The number of rotatable bonds is 5. The summed E-state index contributed by atoms with van der Waals surface area (Å²) in [6, 6.07) is 3.00. The topological polar surface area (TPSA) is 68.3 Å². The SMILES string of the molecule is CCOC(=O)c1ccnc(NC(=O)C(C)(C)CCl)c1. The molecule has 104 valence electrons. The standard InChI is InChI=1S/C13H17ClN2O3/c1-4-19-11(17)9-5-6-15-10(7-9)16-12(18)13(2,3)8-14/h5-7H,4,8H2,1-3H3,(H,15,16,18). The highest BCUT2D eigenvalue weighted by atomic mass is 35.5. The Balaban J connectivity index is 2.83. The molecule has 1 aromatic rings. The Bertz CT molecular complexity index is 475. The third kappa shape index (κ3) is 4.21. The quantitative estimate of drug-likeness (QED) is 0.666. The minimum atomic E-state index is -0.705. The Kier molecular flexibility index (Phi) is 5.30. The zero-order valence-electron chi connectivity index (χ0n) is 11.2. The van der Waals surface area contributed by atoms with Gasteiger partial charge in [0.15, 0.2) is 0 Å². The number of pyridine rings is 1. The van der Waals surface area contributed by atoms with Crippen LogP contribution in [0.25, 0.3) is 0 Å². The largest absolute Gasteiger partial charge is 0.462 e. The molecule has 0 saturated heterocycles. The fourth-order valence-corrected chi connectivity index (χ4v) is 1.31. The minimum absolute atomic E-state index is 0.191. The molecule has 0 aliphatic carbocycles. The van der Waals surface area contributed by atoms with Gasteiger partial charge in [0, 0.05) is 12.1 Å².